The van der Waals surface area contributed by atoms with Gasteiger partial charge >= 0.3 is 0 Å². The largest absolute Gasteiger partial charge is 0.321 e. The maximum absolute atomic E-state index is 12.2. The molecule has 0 saturated heterocycles. The predicted molar refractivity (Wildman–Crippen MR) is 89.1 cm³/mol. The van der Waals surface area contributed by atoms with E-state index in [-0.39, 0.29) is 11.1 Å². The van der Waals surface area contributed by atoms with Crippen molar-refractivity contribution in [3.63, 3.8) is 0 Å². The van der Waals surface area contributed by atoms with Crippen molar-refractivity contribution >= 4 is 28.9 Å². The first-order valence-electron chi connectivity index (χ1n) is 7.29. The molecule has 1 aromatic heterocycles. The van der Waals surface area contributed by atoms with Crippen molar-refractivity contribution in [2.45, 2.75) is 0 Å². The molecule has 0 spiro atoms. The second kappa shape index (κ2) is 5.27. The highest BCUT2D eigenvalue weighted by atomic mass is 16.2. The predicted octanol–water partition coefficient (Wildman–Crippen LogP) is 2.16. The highest BCUT2D eigenvalue weighted by molar-refractivity contribution is 6.21. The smallest absolute Gasteiger partial charge is 0.282 e. The van der Waals surface area contributed by atoms with Crippen molar-refractivity contribution in [2.75, 3.05) is 0 Å². The van der Waals surface area contributed by atoms with Gasteiger partial charge in [-0.2, -0.15) is 10.1 Å². The molecule has 6 nitrogen and oxygen atoms in total. The van der Waals surface area contributed by atoms with Crippen LogP contribution in [-0.4, -0.2) is 28.0 Å². The SMILES string of the molecule is O=C1c2ccccc2C(=O)N1/N=C/c1cc2ccccc2[nH]c1=O. The summed E-state index contributed by atoms with van der Waals surface area (Å²) >= 11 is 0. The molecular formula is C18H11N3O3. The number of imide groups is 1. The molecule has 116 valence electrons. The van der Waals surface area contributed by atoms with Gasteiger partial charge in [-0.3, -0.25) is 14.4 Å². The van der Waals surface area contributed by atoms with Crippen LogP contribution in [0.2, 0.25) is 0 Å². The summed E-state index contributed by atoms with van der Waals surface area (Å²) in [6.45, 7) is 0. The molecule has 1 N–H and O–H groups in total. The Kier molecular flexibility index (Phi) is 3.09. The first kappa shape index (κ1) is 14.1. The summed E-state index contributed by atoms with van der Waals surface area (Å²) in [5.74, 6) is -0.992. The maximum atomic E-state index is 12.2. The summed E-state index contributed by atoms with van der Waals surface area (Å²) < 4.78 is 0. The monoisotopic (exact) mass is 317 g/mol. The zero-order valence-corrected chi connectivity index (χ0v) is 12.4. The van der Waals surface area contributed by atoms with Crippen LogP contribution in [0.15, 0.2) is 64.5 Å². The quantitative estimate of drug-likeness (QED) is 0.581. The molecule has 1 aliphatic rings. The molecule has 2 aromatic carbocycles. The van der Waals surface area contributed by atoms with Gasteiger partial charge in [-0.15, -0.1) is 0 Å². The van der Waals surface area contributed by atoms with E-state index in [0.717, 1.165) is 10.4 Å². The van der Waals surface area contributed by atoms with Crippen molar-refractivity contribution < 1.29 is 9.59 Å². The van der Waals surface area contributed by atoms with Crippen molar-refractivity contribution in [1.29, 1.82) is 0 Å². The van der Waals surface area contributed by atoms with E-state index in [1.807, 2.05) is 18.2 Å². The van der Waals surface area contributed by atoms with E-state index in [1.54, 1.807) is 36.4 Å². The summed E-state index contributed by atoms with van der Waals surface area (Å²) in [5.41, 5.74) is 1.26. The lowest BCUT2D eigenvalue weighted by atomic mass is 10.1. The number of para-hydroxylation sites is 1. The van der Waals surface area contributed by atoms with Crippen LogP contribution in [0.3, 0.4) is 0 Å². The Hall–Kier alpha value is -3.54. The van der Waals surface area contributed by atoms with Crippen molar-refractivity contribution in [3.8, 4) is 0 Å². The standard InChI is InChI=1S/C18H11N3O3/c22-16-12(9-11-5-1-4-8-15(11)20-16)10-19-21-17(23)13-6-2-3-7-14(13)18(21)24/h1-10H,(H,20,22)/b19-10+. The number of pyridine rings is 1. The third-order valence-corrected chi connectivity index (χ3v) is 3.87. The highest BCUT2D eigenvalue weighted by Gasteiger charge is 2.35. The average molecular weight is 317 g/mol. The zero-order chi connectivity index (χ0) is 16.7. The van der Waals surface area contributed by atoms with E-state index in [1.165, 1.54) is 6.21 Å². The van der Waals surface area contributed by atoms with Crippen LogP contribution in [0.4, 0.5) is 0 Å². The number of aromatic amines is 1. The van der Waals surface area contributed by atoms with Gasteiger partial charge in [0.25, 0.3) is 17.4 Å². The second-order valence-corrected chi connectivity index (χ2v) is 5.35. The van der Waals surface area contributed by atoms with Crippen LogP contribution in [0.1, 0.15) is 26.3 Å². The Labute approximate surface area is 136 Å². The number of fused-ring (bicyclic) bond motifs is 2. The van der Waals surface area contributed by atoms with Crippen LogP contribution in [-0.2, 0) is 0 Å². The van der Waals surface area contributed by atoms with Crippen LogP contribution >= 0.6 is 0 Å². The molecule has 0 bridgehead atoms. The number of aromatic nitrogens is 1. The highest BCUT2D eigenvalue weighted by Crippen LogP contribution is 2.22. The third kappa shape index (κ3) is 2.13. The molecule has 2 heterocycles. The molecule has 0 atom stereocenters. The van der Waals surface area contributed by atoms with E-state index < -0.39 is 11.8 Å². The first-order valence-corrected chi connectivity index (χ1v) is 7.29. The van der Waals surface area contributed by atoms with E-state index in [9.17, 15) is 14.4 Å². The third-order valence-electron chi connectivity index (χ3n) is 3.87. The van der Waals surface area contributed by atoms with Crippen molar-refractivity contribution in [1.82, 2.24) is 9.99 Å². The summed E-state index contributed by atoms with van der Waals surface area (Å²) in [5, 5.41) is 5.54. The summed E-state index contributed by atoms with van der Waals surface area (Å²) in [6.07, 6.45) is 1.23. The van der Waals surface area contributed by atoms with Crippen LogP contribution in [0, 0.1) is 0 Å². The van der Waals surface area contributed by atoms with E-state index in [2.05, 4.69) is 10.1 Å². The molecule has 3 aromatic rings. The van der Waals surface area contributed by atoms with Crippen LogP contribution < -0.4 is 5.56 Å². The van der Waals surface area contributed by atoms with Gasteiger partial charge in [0, 0.05) is 5.52 Å². The minimum Gasteiger partial charge on any atom is -0.321 e. The number of amides is 2. The zero-order valence-electron chi connectivity index (χ0n) is 12.4. The number of nitrogens with zero attached hydrogens (tertiary/aromatic N) is 2. The molecular weight excluding hydrogens is 306 g/mol. The summed E-state index contributed by atoms with van der Waals surface area (Å²) in [7, 11) is 0. The number of carbonyl (C=O) groups is 2. The molecule has 0 aliphatic carbocycles. The molecule has 0 saturated carbocycles. The molecule has 6 heteroatoms. The minimum absolute atomic E-state index is 0.269. The average Bonchev–Trinajstić information content (AvgIpc) is 2.84. The maximum Gasteiger partial charge on any atom is 0.282 e. The Morgan fingerprint density at radius 2 is 1.50 bits per heavy atom. The number of benzene rings is 2. The Bertz CT molecular complexity index is 1050. The fraction of sp³-hybridized carbons (Fsp3) is 0. The molecule has 4 rings (SSSR count). The van der Waals surface area contributed by atoms with E-state index in [4.69, 9.17) is 0 Å². The second-order valence-electron chi connectivity index (χ2n) is 5.35. The Balaban J connectivity index is 1.72. The van der Waals surface area contributed by atoms with Gasteiger partial charge in [0.05, 0.1) is 22.9 Å². The number of hydrogen-bond donors (Lipinski definition) is 1. The van der Waals surface area contributed by atoms with Gasteiger partial charge in [0.1, 0.15) is 0 Å². The number of H-pyrrole nitrogens is 1. The fourth-order valence-corrected chi connectivity index (χ4v) is 2.66. The molecule has 24 heavy (non-hydrogen) atoms. The van der Waals surface area contributed by atoms with Crippen LogP contribution in [0.5, 0.6) is 0 Å². The van der Waals surface area contributed by atoms with Gasteiger partial charge < -0.3 is 4.98 Å². The van der Waals surface area contributed by atoms with Gasteiger partial charge in [0.2, 0.25) is 0 Å². The van der Waals surface area contributed by atoms with E-state index in [0.29, 0.717) is 16.6 Å². The van der Waals surface area contributed by atoms with Gasteiger partial charge in [0.15, 0.2) is 0 Å². The Morgan fingerprint density at radius 3 is 2.21 bits per heavy atom. The normalized spacial score (nSPS) is 13.9. The number of hydrazone groups is 1. The number of nitrogens with one attached hydrogen (secondary N) is 1. The number of carbonyl (C=O) groups excluding carboxylic acids is 2. The molecule has 1 aliphatic heterocycles. The minimum atomic E-state index is -0.496. The van der Waals surface area contributed by atoms with Crippen LogP contribution in [0.25, 0.3) is 10.9 Å². The van der Waals surface area contributed by atoms with Crippen molar-refractivity contribution in [2.24, 2.45) is 5.10 Å². The van der Waals surface area contributed by atoms with Crippen molar-refractivity contribution in [3.05, 3.63) is 81.6 Å². The van der Waals surface area contributed by atoms with Gasteiger partial charge in [-0.25, -0.2) is 0 Å². The topological polar surface area (TPSA) is 82.6 Å². The lowest BCUT2D eigenvalue weighted by Crippen LogP contribution is -2.24. The molecule has 0 fully saturated rings. The van der Waals surface area contributed by atoms with Gasteiger partial charge in [-0.05, 0) is 29.7 Å². The summed E-state index contributed by atoms with van der Waals surface area (Å²) in [6, 6.07) is 15.5. The number of hydrogen-bond acceptors (Lipinski definition) is 4. The fourth-order valence-electron chi connectivity index (χ4n) is 2.66. The van der Waals surface area contributed by atoms with E-state index >= 15 is 0 Å². The number of rotatable bonds is 2. The van der Waals surface area contributed by atoms with Gasteiger partial charge in [-0.1, -0.05) is 30.3 Å². The molecule has 0 unspecified atom stereocenters. The first-order chi connectivity index (χ1) is 11.6. The molecule has 0 radical (unpaired) electrons. The summed E-state index contributed by atoms with van der Waals surface area (Å²) in [4.78, 5) is 39.3. The lowest BCUT2D eigenvalue weighted by molar-refractivity contribution is 0.0660. The lowest BCUT2D eigenvalue weighted by Gasteiger charge is -2.05. The molecule has 2 amide bonds. The Morgan fingerprint density at radius 1 is 0.875 bits per heavy atom.